The van der Waals surface area contributed by atoms with Crippen LogP contribution in [0.4, 0.5) is 5.82 Å². The van der Waals surface area contributed by atoms with Gasteiger partial charge in [-0.25, -0.2) is 4.98 Å². The number of piperazine rings is 1. The second kappa shape index (κ2) is 8.73. The molecule has 0 saturated carbocycles. The molecule has 1 amide bonds. The summed E-state index contributed by atoms with van der Waals surface area (Å²) in [7, 11) is 1.93. The fourth-order valence-corrected chi connectivity index (χ4v) is 3.81. The van der Waals surface area contributed by atoms with Gasteiger partial charge in [0.2, 0.25) is 0 Å². The minimum absolute atomic E-state index is 0.0732. The maximum Gasteiger partial charge on any atom is 0.255 e. The molecule has 1 aliphatic heterocycles. The van der Waals surface area contributed by atoms with Gasteiger partial charge in [-0.1, -0.05) is 6.92 Å². The minimum Gasteiger partial charge on any atom is -0.366 e. The molecule has 0 radical (unpaired) electrons. The van der Waals surface area contributed by atoms with Crippen molar-refractivity contribution in [3.63, 3.8) is 0 Å². The molecular weight excluding hydrogens is 352 g/mol. The summed E-state index contributed by atoms with van der Waals surface area (Å²) in [5, 5.41) is 7.55. The number of pyridine rings is 1. The number of rotatable bonds is 6. The van der Waals surface area contributed by atoms with Crippen LogP contribution in [-0.4, -0.2) is 62.2 Å². The fraction of sp³-hybridized carbons (Fsp3) is 0.571. The summed E-state index contributed by atoms with van der Waals surface area (Å²) in [4.78, 5) is 21.8. The van der Waals surface area contributed by atoms with Gasteiger partial charge in [-0.2, -0.15) is 5.10 Å². The van der Waals surface area contributed by atoms with E-state index in [0.717, 1.165) is 43.1 Å². The van der Waals surface area contributed by atoms with Crippen LogP contribution < -0.4 is 5.32 Å². The third-order valence-corrected chi connectivity index (χ3v) is 5.76. The highest BCUT2D eigenvalue weighted by Crippen LogP contribution is 2.18. The lowest BCUT2D eigenvalue weighted by Crippen LogP contribution is -2.56. The Hall–Kier alpha value is -2.41. The van der Waals surface area contributed by atoms with Gasteiger partial charge >= 0.3 is 0 Å². The number of hydrogen-bond acceptors (Lipinski definition) is 5. The van der Waals surface area contributed by atoms with Crippen LogP contribution in [0.2, 0.25) is 0 Å². The fourth-order valence-electron chi connectivity index (χ4n) is 3.81. The molecule has 1 atom stereocenters. The first-order chi connectivity index (χ1) is 13.4. The van der Waals surface area contributed by atoms with Crippen LogP contribution in [0.1, 0.15) is 48.8 Å². The highest BCUT2D eigenvalue weighted by molar-refractivity contribution is 5.94. The molecule has 1 N–H and O–H groups in total. The molecule has 2 aromatic rings. The number of hydrogen-bond donors (Lipinski definition) is 1. The van der Waals surface area contributed by atoms with E-state index < -0.39 is 0 Å². The lowest BCUT2D eigenvalue weighted by atomic mass is 10.1. The Kier molecular flexibility index (Phi) is 6.34. The number of anilines is 1. The molecule has 3 rings (SSSR count). The van der Waals surface area contributed by atoms with E-state index in [1.807, 2.05) is 41.9 Å². The minimum atomic E-state index is 0.0732. The largest absolute Gasteiger partial charge is 0.366 e. The predicted octanol–water partition coefficient (Wildman–Crippen LogP) is 2.68. The molecular formula is C21H32N6O. The molecule has 1 saturated heterocycles. The Morgan fingerprint density at radius 2 is 2.07 bits per heavy atom. The number of aromatic nitrogens is 3. The van der Waals surface area contributed by atoms with E-state index in [1.54, 1.807) is 6.20 Å². The number of nitrogens with one attached hydrogen (secondary N) is 1. The summed E-state index contributed by atoms with van der Waals surface area (Å²) in [6, 6.07) is 4.68. The number of amides is 1. The zero-order chi connectivity index (χ0) is 20.3. The number of aryl methyl sites for hydroxylation is 1. The molecule has 3 heterocycles. The van der Waals surface area contributed by atoms with Crippen molar-refractivity contribution in [3.05, 3.63) is 41.3 Å². The van der Waals surface area contributed by atoms with E-state index in [1.165, 1.54) is 0 Å². The van der Waals surface area contributed by atoms with Crippen molar-refractivity contribution in [3.8, 4) is 0 Å². The van der Waals surface area contributed by atoms with Gasteiger partial charge in [0.1, 0.15) is 5.82 Å². The lowest BCUT2D eigenvalue weighted by molar-refractivity contribution is 0.0371. The van der Waals surface area contributed by atoms with Crippen molar-refractivity contribution in [2.24, 2.45) is 7.05 Å². The monoisotopic (exact) mass is 384 g/mol. The molecule has 0 unspecified atom stereocenters. The Morgan fingerprint density at radius 1 is 1.29 bits per heavy atom. The van der Waals surface area contributed by atoms with Crippen molar-refractivity contribution in [2.75, 3.05) is 25.0 Å². The quantitative estimate of drug-likeness (QED) is 0.829. The maximum absolute atomic E-state index is 12.9. The maximum atomic E-state index is 12.9. The summed E-state index contributed by atoms with van der Waals surface area (Å²) in [6.07, 6.45) is 4.59. The van der Waals surface area contributed by atoms with Gasteiger partial charge in [0.15, 0.2) is 0 Å². The van der Waals surface area contributed by atoms with Gasteiger partial charge < -0.3 is 10.2 Å². The van der Waals surface area contributed by atoms with Crippen LogP contribution in [0.3, 0.4) is 0 Å². The van der Waals surface area contributed by atoms with E-state index in [2.05, 4.69) is 41.1 Å². The summed E-state index contributed by atoms with van der Waals surface area (Å²) in [5.41, 5.74) is 2.92. The smallest absolute Gasteiger partial charge is 0.255 e. The lowest BCUT2D eigenvalue weighted by Gasteiger charge is -2.43. The van der Waals surface area contributed by atoms with E-state index in [0.29, 0.717) is 24.2 Å². The second-order valence-electron chi connectivity index (χ2n) is 7.81. The SMILES string of the molecule is CC[C@@H]1CN(C(=O)c2ccc(NCc3cnn(C)c3C)nc2)CCN1C(C)C. The topological polar surface area (TPSA) is 66.3 Å². The van der Waals surface area contributed by atoms with Crippen LogP contribution in [0.5, 0.6) is 0 Å². The van der Waals surface area contributed by atoms with Gasteiger partial charge in [0.05, 0.1) is 11.8 Å². The Bertz CT molecular complexity index is 798. The first kappa shape index (κ1) is 20.3. The Morgan fingerprint density at radius 3 is 2.64 bits per heavy atom. The van der Waals surface area contributed by atoms with E-state index in [-0.39, 0.29) is 5.91 Å². The average Bonchev–Trinajstić information content (AvgIpc) is 3.03. The zero-order valence-corrected chi connectivity index (χ0v) is 17.6. The van der Waals surface area contributed by atoms with Gasteiger partial charge in [-0.05, 0) is 39.3 Å². The average molecular weight is 385 g/mol. The Balaban J connectivity index is 1.60. The summed E-state index contributed by atoms with van der Waals surface area (Å²) in [6.45, 7) is 11.8. The van der Waals surface area contributed by atoms with Crippen molar-refractivity contribution in [1.29, 1.82) is 0 Å². The molecule has 0 bridgehead atoms. The highest BCUT2D eigenvalue weighted by atomic mass is 16.2. The molecule has 1 aliphatic rings. The molecule has 2 aromatic heterocycles. The molecule has 0 spiro atoms. The molecule has 0 aliphatic carbocycles. The van der Waals surface area contributed by atoms with Gasteiger partial charge in [-0.15, -0.1) is 0 Å². The number of carbonyl (C=O) groups excluding carboxylic acids is 1. The third kappa shape index (κ3) is 4.35. The molecule has 7 heteroatoms. The number of nitrogens with zero attached hydrogens (tertiary/aromatic N) is 5. The molecule has 152 valence electrons. The normalized spacial score (nSPS) is 17.9. The third-order valence-electron chi connectivity index (χ3n) is 5.76. The van der Waals surface area contributed by atoms with Crippen molar-refractivity contribution >= 4 is 11.7 Å². The predicted molar refractivity (Wildman–Crippen MR) is 111 cm³/mol. The van der Waals surface area contributed by atoms with Crippen LogP contribution in [-0.2, 0) is 13.6 Å². The van der Waals surface area contributed by atoms with E-state index in [9.17, 15) is 4.79 Å². The molecule has 0 aromatic carbocycles. The van der Waals surface area contributed by atoms with E-state index >= 15 is 0 Å². The zero-order valence-electron chi connectivity index (χ0n) is 17.6. The van der Waals surface area contributed by atoms with Gasteiger partial charge in [-0.3, -0.25) is 14.4 Å². The second-order valence-corrected chi connectivity index (χ2v) is 7.81. The summed E-state index contributed by atoms with van der Waals surface area (Å²) < 4.78 is 1.86. The Labute approximate surface area is 167 Å². The summed E-state index contributed by atoms with van der Waals surface area (Å²) in [5.74, 6) is 0.833. The number of carbonyl (C=O) groups is 1. The van der Waals surface area contributed by atoms with Crippen molar-refractivity contribution < 1.29 is 4.79 Å². The molecule has 1 fully saturated rings. The van der Waals surface area contributed by atoms with Crippen LogP contribution >= 0.6 is 0 Å². The van der Waals surface area contributed by atoms with E-state index in [4.69, 9.17) is 0 Å². The molecule has 28 heavy (non-hydrogen) atoms. The van der Waals surface area contributed by atoms with Crippen molar-refractivity contribution in [2.45, 2.75) is 52.7 Å². The first-order valence-corrected chi connectivity index (χ1v) is 10.1. The highest BCUT2D eigenvalue weighted by Gasteiger charge is 2.30. The van der Waals surface area contributed by atoms with Gasteiger partial charge in [0, 0.05) is 62.8 Å². The molecule has 7 nitrogen and oxygen atoms in total. The van der Waals surface area contributed by atoms with Crippen molar-refractivity contribution in [1.82, 2.24) is 24.6 Å². The summed E-state index contributed by atoms with van der Waals surface area (Å²) >= 11 is 0. The van der Waals surface area contributed by atoms with Crippen LogP contribution in [0.15, 0.2) is 24.5 Å². The van der Waals surface area contributed by atoms with Crippen LogP contribution in [0, 0.1) is 6.92 Å². The first-order valence-electron chi connectivity index (χ1n) is 10.1. The standard InChI is InChI=1S/C21H32N6O/c1-6-19-14-26(9-10-27(19)15(2)3)21(28)17-7-8-20(22-11-17)23-12-18-13-24-25(5)16(18)4/h7-8,11,13,15,19H,6,9-10,12,14H2,1-5H3,(H,22,23)/t19-/m1/s1. The van der Waals surface area contributed by atoms with Gasteiger partial charge in [0.25, 0.3) is 5.91 Å². The van der Waals surface area contributed by atoms with Crippen LogP contribution in [0.25, 0.3) is 0 Å².